The maximum absolute atomic E-state index is 7.73. The van der Waals surface area contributed by atoms with Gasteiger partial charge in [0, 0.05) is 45.6 Å². The van der Waals surface area contributed by atoms with E-state index in [0.29, 0.717) is 22.4 Å². The molecule has 8 aromatic rings. The van der Waals surface area contributed by atoms with E-state index in [0.717, 1.165) is 39.4 Å². The van der Waals surface area contributed by atoms with Gasteiger partial charge in [-0.25, -0.2) is 0 Å². The Balaban J connectivity index is 0.000000174. The van der Waals surface area contributed by atoms with Crippen LogP contribution in [0.25, 0.3) is 61.3 Å². The molecule has 3 aromatic heterocycles. The average Bonchev–Trinajstić information content (AvgIpc) is 3.67. The van der Waals surface area contributed by atoms with E-state index in [1.165, 1.54) is 22.9 Å². The Hall–Kier alpha value is -4.83. The Labute approximate surface area is 285 Å². The number of aryl methyl sites for hydroxylation is 4. The number of hydrogen-bond acceptors (Lipinski definition) is 3. The molecule has 0 saturated carbocycles. The molecule has 0 bridgehead atoms. The van der Waals surface area contributed by atoms with Crippen LogP contribution in [0.1, 0.15) is 30.5 Å². The Bertz CT molecular complexity index is 2480. The van der Waals surface area contributed by atoms with E-state index in [-0.39, 0.29) is 31.2 Å². The minimum Gasteiger partial charge on any atom is -0.501 e. The molecule has 0 fully saturated rings. The third kappa shape index (κ3) is 5.62. The first-order chi connectivity index (χ1) is 23.9. The Morgan fingerprint density at radius 3 is 2.31 bits per heavy atom. The smallest absolute Gasteiger partial charge is 0.120 e. The van der Waals surface area contributed by atoms with E-state index in [1.807, 2.05) is 54.6 Å². The summed E-state index contributed by atoms with van der Waals surface area (Å²) >= 11 is 0. The SMILES string of the molecule is Cc1cccc(C)c1-n1c(-c2[c-]cccc2)nc2ccccc21.[2H]C([2H])([2H])c1cnc(-c2[c-]ccc3c2oc2ccccc23)cc1C([2H])([2H])[2H].[Ir]. The Kier molecular flexibility index (Phi) is 6.62. The first kappa shape index (κ1) is 23.5. The number of fused-ring (bicyclic) bond motifs is 4. The van der Waals surface area contributed by atoms with Crippen molar-refractivity contribution in [2.75, 3.05) is 0 Å². The molecule has 5 heteroatoms. The fourth-order valence-corrected chi connectivity index (χ4v) is 5.60. The van der Waals surface area contributed by atoms with Gasteiger partial charge < -0.3 is 14.0 Å². The number of pyridine rings is 1. The molecule has 223 valence electrons. The predicted octanol–water partition coefficient (Wildman–Crippen LogP) is 10.2. The zero-order chi connectivity index (χ0) is 35.2. The van der Waals surface area contributed by atoms with Gasteiger partial charge in [-0.3, -0.25) is 4.98 Å². The average molecular weight is 768 g/mol. The molecule has 0 saturated heterocycles. The molecule has 0 atom stereocenters. The van der Waals surface area contributed by atoms with Crippen molar-refractivity contribution in [1.82, 2.24) is 14.5 Å². The van der Waals surface area contributed by atoms with Gasteiger partial charge in [-0.05, 0) is 68.1 Å². The Morgan fingerprint density at radius 1 is 0.733 bits per heavy atom. The van der Waals surface area contributed by atoms with Gasteiger partial charge in [-0.15, -0.1) is 54.1 Å². The van der Waals surface area contributed by atoms with Gasteiger partial charge in [-0.1, -0.05) is 71.1 Å². The number of furan rings is 1. The molecule has 3 heterocycles. The molecule has 0 unspecified atom stereocenters. The number of imidazole rings is 1. The summed E-state index contributed by atoms with van der Waals surface area (Å²) in [6, 6.07) is 41.5. The van der Waals surface area contributed by atoms with Crippen molar-refractivity contribution in [1.29, 1.82) is 0 Å². The summed E-state index contributed by atoms with van der Waals surface area (Å²) in [5.41, 5.74) is 8.32. The van der Waals surface area contributed by atoms with Crippen LogP contribution in [-0.2, 0) is 20.1 Å². The minimum absolute atomic E-state index is 0. The predicted molar refractivity (Wildman–Crippen MR) is 180 cm³/mol. The van der Waals surface area contributed by atoms with E-state index in [4.69, 9.17) is 17.6 Å². The van der Waals surface area contributed by atoms with Crippen molar-refractivity contribution in [3.05, 3.63) is 150 Å². The molecule has 0 aliphatic rings. The van der Waals surface area contributed by atoms with Crippen LogP contribution >= 0.6 is 0 Å². The molecule has 8 rings (SSSR count). The summed E-state index contributed by atoms with van der Waals surface area (Å²) < 4.78 is 54.1. The van der Waals surface area contributed by atoms with Gasteiger partial charge in [-0.2, -0.15) is 0 Å². The van der Waals surface area contributed by atoms with Crippen LogP contribution < -0.4 is 0 Å². The third-order valence-electron chi connectivity index (χ3n) is 7.67. The summed E-state index contributed by atoms with van der Waals surface area (Å²) in [6.07, 6.45) is 1.11. The maximum Gasteiger partial charge on any atom is 0.120 e. The van der Waals surface area contributed by atoms with Crippen LogP contribution in [0.3, 0.4) is 0 Å². The molecular weight excluding hydrogens is 731 g/mol. The fourth-order valence-electron chi connectivity index (χ4n) is 5.60. The quantitative estimate of drug-likeness (QED) is 0.168. The molecular formula is C40H31IrN3O-2. The minimum atomic E-state index is -2.58. The van der Waals surface area contributed by atoms with Gasteiger partial charge in [0.25, 0.3) is 0 Å². The van der Waals surface area contributed by atoms with Crippen LogP contribution in [0.2, 0.25) is 0 Å². The molecule has 45 heavy (non-hydrogen) atoms. The first-order valence-electron chi connectivity index (χ1n) is 17.3. The number of aromatic nitrogens is 3. The van der Waals surface area contributed by atoms with Crippen LogP contribution in [-0.4, -0.2) is 14.5 Å². The van der Waals surface area contributed by atoms with E-state index in [1.54, 1.807) is 6.07 Å². The van der Waals surface area contributed by atoms with E-state index >= 15 is 0 Å². The van der Waals surface area contributed by atoms with E-state index < -0.39 is 13.7 Å². The monoisotopic (exact) mass is 768 g/mol. The van der Waals surface area contributed by atoms with Crippen LogP contribution in [0.5, 0.6) is 0 Å². The van der Waals surface area contributed by atoms with Crippen molar-refractivity contribution in [2.24, 2.45) is 0 Å². The molecule has 0 aliphatic heterocycles. The number of hydrogen-bond donors (Lipinski definition) is 0. The van der Waals surface area contributed by atoms with Crippen molar-refractivity contribution >= 4 is 33.0 Å². The maximum atomic E-state index is 7.73. The molecule has 0 spiro atoms. The first-order valence-corrected chi connectivity index (χ1v) is 14.3. The summed E-state index contributed by atoms with van der Waals surface area (Å²) in [5.74, 6) is 0.934. The van der Waals surface area contributed by atoms with Gasteiger partial charge >= 0.3 is 0 Å². The van der Waals surface area contributed by atoms with E-state index in [9.17, 15) is 0 Å². The second-order valence-electron chi connectivity index (χ2n) is 10.6. The summed E-state index contributed by atoms with van der Waals surface area (Å²) in [6.45, 7) is -0.848. The van der Waals surface area contributed by atoms with Crippen molar-refractivity contribution in [3.8, 4) is 28.3 Å². The normalized spacial score (nSPS) is 13.5. The molecule has 4 nitrogen and oxygen atoms in total. The summed E-state index contributed by atoms with van der Waals surface area (Å²) in [4.78, 5) is 9.08. The molecule has 1 radical (unpaired) electrons. The summed E-state index contributed by atoms with van der Waals surface area (Å²) in [7, 11) is 0. The van der Waals surface area contributed by atoms with Gasteiger partial charge in [0.05, 0.1) is 22.4 Å². The standard InChI is InChI=1S/C21H17N2.C19H14NO.Ir/c1-15-9-8-10-16(2)20(15)23-19-14-7-6-13-18(19)22-21(23)17-11-4-3-5-12-17;1-12-10-17(20-11-13(12)2)16-8-5-7-15-14-6-3-4-9-18(14)21-19(15)16;/h3-11,13-14H,1-2H3;3-7,9-11H,1-2H3;/q2*-1;/i;1D3,2D3;. The van der Waals surface area contributed by atoms with Gasteiger partial charge in [0.2, 0.25) is 0 Å². The second-order valence-corrected chi connectivity index (χ2v) is 10.6. The van der Waals surface area contributed by atoms with Crippen LogP contribution in [0.15, 0.2) is 120 Å². The number of benzene rings is 5. The van der Waals surface area contributed by atoms with Gasteiger partial charge in [0.15, 0.2) is 0 Å². The van der Waals surface area contributed by atoms with Crippen molar-refractivity contribution in [3.63, 3.8) is 0 Å². The van der Waals surface area contributed by atoms with Crippen molar-refractivity contribution < 1.29 is 32.7 Å². The number of para-hydroxylation sites is 4. The molecule has 0 aliphatic carbocycles. The number of rotatable bonds is 3. The third-order valence-corrected chi connectivity index (χ3v) is 7.67. The van der Waals surface area contributed by atoms with E-state index in [2.05, 4.69) is 78.0 Å². The number of nitrogens with zero attached hydrogens (tertiary/aromatic N) is 3. The zero-order valence-electron chi connectivity index (χ0n) is 30.6. The zero-order valence-corrected chi connectivity index (χ0v) is 26.9. The second kappa shape index (κ2) is 12.6. The fraction of sp³-hybridized carbons (Fsp3) is 0.100. The summed E-state index contributed by atoms with van der Waals surface area (Å²) in [5, 5.41) is 1.79. The topological polar surface area (TPSA) is 43.9 Å². The van der Waals surface area contributed by atoms with Crippen LogP contribution in [0.4, 0.5) is 0 Å². The Morgan fingerprint density at radius 2 is 1.51 bits per heavy atom. The van der Waals surface area contributed by atoms with Gasteiger partial charge in [0.1, 0.15) is 5.58 Å². The molecule has 5 aromatic carbocycles. The molecule has 0 N–H and O–H groups in total. The van der Waals surface area contributed by atoms with Crippen molar-refractivity contribution in [2.45, 2.75) is 27.6 Å². The van der Waals surface area contributed by atoms with Crippen LogP contribution in [0, 0.1) is 39.7 Å². The molecule has 0 amide bonds. The largest absolute Gasteiger partial charge is 0.501 e.